The molecule has 0 saturated carbocycles. The van der Waals surface area contributed by atoms with Crippen molar-refractivity contribution in [2.75, 3.05) is 18.6 Å². The van der Waals surface area contributed by atoms with Crippen LogP contribution in [0.5, 0.6) is 5.75 Å². The van der Waals surface area contributed by atoms with E-state index in [0.29, 0.717) is 17.0 Å². The van der Waals surface area contributed by atoms with Crippen molar-refractivity contribution < 1.29 is 28.2 Å². The summed E-state index contributed by atoms with van der Waals surface area (Å²) < 4.78 is 34.5. The molecule has 3 aromatic rings. The summed E-state index contributed by atoms with van der Waals surface area (Å²) in [7, 11) is 1.47. The molecule has 2 aromatic heterocycles. The number of carbonyl (C=O) groups is 2. The third kappa shape index (κ3) is 5.67. The number of amides is 2. The lowest BCUT2D eigenvalue weighted by Crippen LogP contribution is -2.49. The summed E-state index contributed by atoms with van der Waals surface area (Å²) >= 11 is 0. The third-order valence-electron chi connectivity index (χ3n) is 5.18. The van der Waals surface area contributed by atoms with Crippen LogP contribution in [0.1, 0.15) is 35.6 Å². The first-order chi connectivity index (χ1) is 17.0. The minimum atomic E-state index is -1.22. The van der Waals surface area contributed by atoms with Gasteiger partial charge < -0.3 is 15.2 Å². The molecule has 0 radical (unpaired) electrons. The van der Waals surface area contributed by atoms with Gasteiger partial charge in [-0.15, -0.1) is 0 Å². The normalized spacial score (nSPS) is 15.3. The highest BCUT2D eigenvalue weighted by molar-refractivity contribution is 6.02. The van der Waals surface area contributed by atoms with Gasteiger partial charge in [-0.05, 0) is 49.6 Å². The van der Waals surface area contributed by atoms with Crippen LogP contribution in [-0.4, -0.2) is 57.0 Å². The second kappa shape index (κ2) is 9.75. The molecule has 2 N–H and O–H groups in total. The van der Waals surface area contributed by atoms with Crippen molar-refractivity contribution in [3.05, 3.63) is 71.2 Å². The van der Waals surface area contributed by atoms with Crippen molar-refractivity contribution >= 4 is 17.6 Å². The first-order valence-electron chi connectivity index (χ1n) is 11.0. The van der Waals surface area contributed by atoms with Crippen molar-refractivity contribution in [3.8, 4) is 17.6 Å². The van der Waals surface area contributed by atoms with Gasteiger partial charge in [-0.3, -0.25) is 19.2 Å². The summed E-state index contributed by atoms with van der Waals surface area (Å²) in [5, 5.41) is 16.2. The zero-order chi connectivity index (χ0) is 26.0. The average molecular weight is 495 g/mol. The summed E-state index contributed by atoms with van der Waals surface area (Å²) in [5.74, 6) is 3.17. The molecule has 0 aliphatic carbocycles. The Balaban J connectivity index is 1.48. The number of nitrogens with one attached hydrogen (secondary N) is 1. The molecule has 0 unspecified atom stereocenters. The maximum Gasteiger partial charge on any atom is 0.275 e. The number of aromatic nitrogens is 3. The number of pyridine rings is 1. The molecule has 11 heteroatoms. The number of nitrogens with zero attached hydrogens (tertiary/aromatic N) is 4. The van der Waals surface area contributed by atoms with Crippen LogP contribution in [0, 0.1) is 23.5 Å². The second-order valence-corrected chi connectivity index (χ2v) is 8.71. The van der Waals surface area contributed by atoms with Crippen molar-refractivity contribution in [1.29, 1.82) is 0 Å². The highest BCUT2D eigenvalue weighted by Gasteiger charge is 2.33. The lowest BCUT2D eigenvalue weighted by Gasteiger charge is -2.19. The van der Waals surface area contributed by atoms with Crippen LogP contribution >= 0.6 is 0 Å². The number of ether oxygens (including phenoxy) is 1. The molecule has 0 bridgehead atoms. The van der Waals surface area contributed by atoms with E-state index in [1.165, 1.54) is 54.7 Å². The van der Waals surface area contributed by atoms with E-state index in [2.05, 4.69) is 27.2 Å². The lowest BCUT2D eigenvalue weighted by atomic mass is 10.1. The Kier molecular flexibility index (Phi) is 6.72. The van der Waals surface area contributed by atoms with E-state index in [1.807, 2.05) is 0 Å². The maximum atomic E-state index is 14.5. The van der Waals surface area contributed by atoms with Gasteiger partial charge in [-0.1, -0.05) is 18.1 Å². The summed E-state index contributed by atoms with van der Waals surface area (Å²) in [6.07, 6.45) is 1.05. The van der Waals surface area contributed by atoms with Crippen molar-refractivity contribution in [2.24, 2.45) is 0 Å². The van der Waals surface area contributed by atoms with Gasteiger partial charge in [0.25, 0.3) is 11.8 Å². The summed E-state index contributed by atoms with van der Waals surface area (Å²) in [4.78, 5) is 31.3. The molecule has 1 aromatic carbocycles. The van der Waals surface area contributed by atoms with Gasteiger partial charge in [0.1, 0.15) is 29.8 Å². The fourth-order valence-corrected chi connectivity index (χ4v) is 3.40. The molecule has 3 heterocycles. The van der Waals surface area contributed by atoms with Crippen LogP contribution in [0.25, 0.3) is 0 Å². The molecule has 186 valence electrons. The van der Waals surface area contributed by atoms with Gasteiger partial charge in [-0.25, -0.2) is 13.8 Å². The molecular weight excluding hydrogens is 472 g/mol. The molecule has 1 aliphatic heterocycles. The first-order valence-corrected chi connectivity index (χ1v) is 11.0. The number of hydrogen-bond donors (Lipinski definition) is 2. The second-order valence-electron chi connectivity index (χ2n) is 8.71. The van der Waals surface area contributed by atoms with Gasteiger partial charge in [0, 0.05) is 7.05 Å². The summed E-state index contributed by atoms with van der Waals surface area (Å²) in [5.41, 5.74) is -0.729. The number of likely N-dealkylation sites (N-methyl/N-ethyl adjacent to an activating group) is 1. The van der Waals surface area contributed by atoms with E-state index in [0.717, 1.165) is 6.20 Å². The zero-order valence-electron chi connectivity index (χ0n) is 19.7. The molecule has 4 rings (SSSR count). The van der Waals surface area contributed by atoms with Gasteiger partial charge in [0.15, 0.2) is 23.1 Å². The fraction of sp³-hybridized carbons (Fsp3) is 0.280. The molecular formula is C25H23F2N5O4. The Morgan fingerprint density at radius 1 is 1.25 bits per heavy atom. The minimum Gasteiger partial charge on any atom is -0.487 e. The highest BCUT2D eigenvalue weighted by Crippen LogP contribution is 2.28. The summed E-state index contributed by atoms with van der Waals surface area (Å²) in [6, 6.07) is 7.63. The predicted octanol–water partition coefficient (Wildman–Crippen LogP) is 1.88. The van der Waals surface area contributed by atoms with Gasteiger partial charge in [0.05, 0.1) is 12.7 Å². The number of anilines is 1. The lowest BCUT2D eigenvalue weighted by molar-refractivity contribution is -0.120. The Bertz CT molecular complexity index is 1370. The number of aliphatic hydroxyl groups is 1. The maximum absolute atomic E-state index is 14.5. The number of fused-ring (bicyclic) bond motifs is 1. The number of rotatable bonds is 4. The van der Waals surface area contributed by atoms with E-state index in [9.17, 15) is 23.5 Å². The molecule has 0 fully saturated rings. The van der Waals surface area contributed by atoms with E-state index >= 15 is 0 Å². The van der Waals surface area contributed by atoms with Gasteiger partial charge >= 0.3 is 0 Å². The Morgan fingerprint density at radius 3 is 2.67 bits per heavy atom. The van der Waals surface area contributed by atoms with Crippen LogP contribution in [0.15, 0.2) is 42.6 Å². The Hall–Kier alpha value is -4.30. The number of benzene rings is 1. The highest BCUT2D eigenvalue weighted by atomic mass is 19.1. The van der Waals surface area contributed by atoms with E-state index in [4.69, 9.17) is 4.74 Å². The Morgan fingerprint density at radius 2 is 1.97 bits per heavy atom. The average Bonchev–Trinajstić information content (AvgIpc) is 3.15. The molecule has 1 atom stereocenters. The number of hydrogen-bond acceptors (Lipinski definition) is 6. The first kappa shape index (κ1) is 24.8. The van der Waals surface area contributed by atoms with Crippen LogP contribution in [-0.2, 0) is 11.3 Å². The largest absolute Gasteiger partial charge is 0.487 e. The molecule has 0 saturated heterocycles. The molecule has 9 nitrogen and oxygen atoms in total. The predicted molar refractivity (Wildman–Crippen MR) is 125 cm³/mol. The SMILES string of the molecule is CN1C(=O)[C@@H](NC(=O)c2nn(Cc3ccc(F)cc3)cc2F)COc2ccc(C#CC(C)(C)O)nc21. The van der Waals surface area contributed by atoms with E-state index in [-0.39, 0.29) is 19.0 Å². The van der Waals surface area contributed by atoms with Crippen LogP contribution in [0.3, 0.4) is 0 Å². The zero-order valence-corrected chi connectivity index (χ0v) is 19.7. The van der Waals surface area contributed by atoms with E-state index < -0.39 is 40.8 Å². The summed E-state index contributed by atoms with van der Waals surface area (Å²) in [6.45, 7) is 2.98. The molecule has 2 amide bonds. The van der Waals surface area contributed by atoms with Crippen LogP contribution in [0.4, 0.5) is 14.6 Å². The Labute approximate surface area is 205 Å². The minimum absolute atomic E-state index is 0.123. The number of carbonyl (C=O) groups excluding carboxylic acids is 2. The van der Waals surface area contributed by atoms with E-state index in [1.54, 1.807) is 12.1 Å². The van der Waals surface area contributed by atoms with Crippen LogP contribution in [0.2, 0.25) is 0 Å². The topological polar surface area (TPSA) is 110 Å². The van der Waals surface area contributed by atoms with Crippen molar-refractivity contribution in [1.82, 2.24) is 20.1 Å². The van der Waals surface area contributed by atoms with Crippen molar-refractivity contribution in [3.63, 3.8) is 0 Å². The molecule has 0 spiro atoms. The van der Waals surface area contributed by atoms with Gasteiger partial charge in [0.2, 0.25) is 0 Å². The molecule has 1 aliphatic rings. The van der Waals surface area contributed by atoms with Gasteiger partial charge in [-0.2, -0.15) is 5.10 Å². The number of halogens is 2. The monoisotopic (exact) mass is 495 g/mol. The third-order valence-corrected chi connectivity index (χ3v) is 5.18. The quantitative estimate of drug-likeness (QED) is 0.535. The smallest absolute Gasteiger partial charge is 0.275 e. The molecule has 36 heavy (non-hydrogen) atoms. The van der Waals surface area contributed by atoms with Crippen LogP contribution < -0.4 is 15.0 Å². The fourth-order valence-electron chi connectivity index (χ4n) is 3.40. The standard InChI is InChI=1S/C25H23F2N5O4/c1-25(2,35)11-10-17-8-9-20-22(28-17)31(3)24(34)19(14-36-20)29-23(33)21-18(27)13-32(30-21)12-15-4-6-16(26)7-5-15/h4-9,13,19,35H,12,14H2,1-3H3,(H,29,33)/t19-/m0/s1. The van der Waals surface area contributed by atoms with Crippen molar-refractivity contribution in [2.45, 2.75) is 32.0 Å².